The van der Waals surface area contributed by atoms with E-state index in [0.29, 0.717) is 18.0 Å². The van der Waals surface area contributed by atoms with Crippen molar-refractivity contribution in [2.45, 2.75) is 43.8 Å². The molecule has 1 aromatic carbocycles. The Morgan fingerprint density at radius 1 is 1.10 bits per heavy atom. The van der Waals surface area contributed by atoms with Crippen LogP contribution < -0.4 is 5.32 Å². The molecule has 3 atom stereocenters. The summed E-state index contributed by atoms with van der Waals surface area (Å²) < 4.78 is 26.9. The maximum Gasteiger partial charge on any atom is 0.126 e. The summed E-state index contributed by atoms with van der Waals surface area (Å²) in [5, 5.41) is 3.27. The Kier molecular flexibility index (Phi) is 3.78. The van der Waals surface area contributed by atoms with Crippen LogP contribution in [0.1, 0.15) is 37.3 Å². The Bertz CT molecular complexity index is 457. The standard InChI is InChI=1S/C16H22F2N2/c1-19-16(10-5-12(17)9-13(18)6-10)11-7-14-3-4-15(8-11)20(14)2/h5-6,9,11,14-16,19H,3-4,7-8H2,1-2H3. The molecule has 1 aromatic rings. The average molecular weight is 280 g/mol. The number of hydrogen-bond acceptors (Lipinski definition) is 2. The molecular weight excluding hydrogens is 258 g/mol. The van der Waals surface area contributed by atoms with Gasteiger partial charge in [0.2, 0.25) is 0 Å². The summed E-state index contributed by atoms with van der Waals surface area (Å²) in [5.41, 5.74) is 0.735. The minimum atomic E-state index is -0.490. The van der Waals surface area contributed by atoms with Crippen LogP contribution in [0, 0.1) is 17.6 Å². The van der Waals surface area contributed by atoms with Gasteiger partial charge in [-0.2, -0.15) is 0 Å². The van der Waals surface area contributed by atoms with Crippen molar-refractivity contribution in [2.24, 2.45) is 5.92 Å². The van der Waals surface area contributed by atoms with Gasteiger partial charge >= 0.3 is 0 Å². The Morgan fingerprint density at radius 2 is 1.65 bits per heavy atom. The average Bonchev–Trinajstić information content (AvgIpc) is 2.62. The van der Waals surface area contributed by atoms with Crippen molar-refractivity contribution >= 4 is 0 Å². The van der Waals surface area contributed by atoms with E-state index in [4.69, 9.17) is 0 Å². The summed E-state index contributed by atoms with van der Waals surface area (Å²) in [7, 11) is 4.09. The van der Waals surface area contributed by atoms with E-state index in [1.165, 1.54) is 25.0 Å². The second-order valence-corrected chi connectivity index (χ2v) is 6.25. The second kappa shape index (κ2) is 5.41. The molecule has 2 saturated heterocycles. The Labute approximate surface area is 119 Å². The molecule has 2 fully saturated rings. The molecule has 0 aliphatic carbocycles. The van der Waals surface area contributed by atoms with E-state index in [2.05, 4.69) is 17.3 Å². The molecule has 4 heteroatoms. The van der Waals surface area contributed by atoms with E-state index in [1.54, 1.807) is 0 Å². The normalized spacial score (nSPS) is 31.5. The Morgan fingerprint density at radius 3 is 2.15 bits per heavy atom. The van der Waals surface area contributed by atoms with Crippen LogP contribution in [0.15, 0.2) is 18.2 Å². The first-order valence-corrected chi connectivity index (χ1v) is 7.43. The zero-order valence-electron chi connectivity index (χ0n) is 12.1. The molecule has 2 nitrogen and oxygen atoms in total. The summed E-state index contributed by atoms with van der Waals surface area (Å²) in [6, 6.07) is 5.17. The molecule has 20 heavy (non-hydrogen) atoms. The number of rotatable bonds is 3. The van der Waals surface area contributed by atoms with E-state index >= 15 is 0 Å². The lowest BCUT2D eigenvalue weighted by molar-refractivity contribution is 0.114. The molecule has 0 saturated carbocycles. The Balaban J connectivity index is 1.83. The van der Waals surface area contributed by atoms with E-state index in [1.807, 2.05) is 7.05 Å². The molecular formula is C16H22F2N2. The van der Waals surface area contributed by atoms with Gasteiger partial charge in [0, 0.05) is 24.2 Å². The number of halogens is 2. The number of benzene rings is 1. The first kappa shape index (κ1) is 14.0. The molecule has 0 aromatic heterocycles. The smallest absolute Gasteiger partial charge is 0.126 e. The van der Waals surface area contributed by atoms with Gasteiger partial charge in [-0.25, -0.2) is 8.78 Å². The molecule has 3 unspecified atom stereocenters. The highest BCUT2D eigenvalue weighted by molar-refractivity contribution is 5.22. The lowest BCUT2D eigenvalue weighted by Crippen LogP contribution is -2.43. The van der Waals surface area contributed by atoms with Crippen molar-refractivity contribution in [3.05, 3.63) is 35.4 Å². The SMILES string of the molecule is CNC(c1cc(F)cc(F)c1)C1CC2CCC(C1)N2C. The number of nitrogens with zero attached hydrogens (tertiary/aromatic N) is 1. The molecule has 1 N–H and O–H groups in total. The van der Waals surface area contributed by atoms with Gasteiger partial charge < -0.3 is 10.2 Å². The van der Waals surface area contributed by atoms with Crippen molar-refractivity contribution in [3.63, 3.8) is 0 Å². The van der Waals surface area contributed by atoms with Gasteiger partial charge in [0.1, 0.15) is 11.6 Å². The van der Waals surface area contributed by atoms with Crippen molar-refractivity contribution in [1.82, 2.24) is 10.2 Å². The van der Waals surface area contributed by atoms with Gasteiger partial charge in [0.15, 0.2) is 0 Å². The van der Waals surface area contributed by atoms with Crippen LogP contribution >= 0.6 is 0 Å². The fraction of sp³-hybridized carbons (Fsp3) is 0.625. The molecule has 2 aliphatic rings. The van der Waals surface area contributed by atoms with Crippen molar-refractivity contribution < 1.29 is 8.78 Å². The first-order chi connectivity index (χ1) is 9.58. The van der Waals surface area contributed by atoms with Gasteiger partial charge in [-0.05, 0) is 63.4 Å². The third-order valence-electron chi connectivity index (χ3n) is 5.16. The zero-order valence-corrected chi connectivity index (χ0v) is 12.1. The van der Waals surface area contributed by atoms with E-state index in [9.17, 15) is 8.78 Å². The topological polar surface area (TPSA) is 15.3 Å². The largest absolute Gasteiger partial charge is 0.313 e. The van der Waals surface area contributed by atoms with Crippen LogP contribution in [-0.2, 0) is 0 Å². The van der Waals surface area contributed by atoms with Gasteiger partial charge in [-0.15, -0.1) is 0 Å². The zero-order chi connectivity index (χ0) is 14.3. The molecule has 0 amide bonds. The minimum absolute atomic E-state index is 0.0389. The molecule has 2 heterocycles. The number of piperidine rings is 1. The van der Waals surface area contributed by atoms with E-state index < -0.39 is 11.6 Å². The van der Waals surface area contributed by atoms with Crippen LogP contribution in [0.4, 0.5) is 8.78 Å². The minimum Gasteiger partial charge on any atom is -0.313 e. The quantitative estimate of drug-likeness (QED) is 0.915. The van der Waals surface area contributed by atoms with Crippen LogP contribution in [0.3, 0.4) is 0 Å². The fourth-order valence-electron chi connectivity index (χ4n) is 4.16. The third kappa shape index (κ3) is 2.47. The number of fused-ring (bicyclic) bond motifs is 2. The summed E-state index contributed by atoms with van der Waals surface area (Å²) in [6.07, 6.45) is 4.73. The van der Waals surface area contributed by atoms with Crippen LogP contribution in [-0.4, -0.2) is 31.1 Å². The first-order valence-electron chi connectivity index (χ1n) is 7.43. The molecule has 110 valence electrons. The van der Waals surface area contributed by atoms with E-state index in [-0.39, 0.29) is 6.04 Å². The molecule has 2 bridgehead atoms. The highest BCUT2D eigenvalue weighted by atomic mass is 19.1. The maximum atomic E-state index is 13.4. The van der Waals surface area contributed by atoms with Gasteiger partial charge in [0.25, 0.3) is 0 Å². The van der Waals surface area contributed by atoms with Crippen molar-refractivity contribution in [1.29, 1.82) is 0 Å². The van der Waals surface area contributed by atoms with Gasteiger partial charge in [0.05, 0.1) is 0 Å². The molecule has 2 aliphatic heterocycles. The molecule has 3 rings (SSSR count). The highest BCUT2D eigenvalue weighted by Crippen LogP contribution is 2.42. The van der Waals surface area contributed by atoms with Crippen LogP contribution in [0.5, 0.6) is 0 Å². The predicted octanol–water partition coefficient (Wildman–Crippen LogP) is 3.10. The van der Waals surface area contributed by atoms with Crippen molar-refractivity contribution in [2.75, 3.05) is 14.1 Å². The third-order valence-corrected chi connectivity index (χ3v) is 5.16. The van der Waals surface area contributed by atoms with Gasteiger partial charge in [-0.1, -0.05) is 0 Å². The fourth-order valence-corrected chi connectivity index (χ4v) is 4.16. The van der Waals surface area contributed by atoms with Crippen molar-refractivity contribution in [3.8, 4) is 0 Å². The van der Waals surface area contributed by atoms with E-state index in [0.717, 1.165) is 24.5 Å². The number of hydrogen-bond donors (Lipinski definition) is 1. The lowest BCUT2D eigenvalue weighted by atomic mass is 9.82. The summed E-state index contributed by atoms with van der Waals surface area (Å²) in [4.78, 5) is 2.48. The van der Waals surface area contributed by atoms with Crippen LogP contribution in [0.25, 0.3) is 0 Å². The molecule has 0 radical (unpaired) electrons. The maximum absolute atomic E-state index is 13.4. The summed E-state index contributed by atoms with van der Waals surface area (Å²) in [5.74, 6) is -0.526. The van der Waals surface area contributed by atoms with Gasteiger partial charge in [-0.3, -0.25) is 0 Å². The summed E-state index contributed by atoms with van der Waals surface area (Å²) >= 11 is 0. The molecule has 0 spiro atoms. The lowest BCUT2D eigenvalue weighted by Gasteiger charge is -2.40. The predicted molar refractivity (Wildman–Crippen MR) is 75.5 cm³/mol. The summed E-state index contributed by atoms with van der Waals surface area (Å²) in [6.45, 7) is 0. The monoisotopic (exact) mass is 280 g/mol. The number of nitrogens with one attached hydrogen (secondary N) is 1. The highest BCUT2D eigenvalue weighted by Gasteiger charge is 2.41. The Hall–Kier alpha value is -1.00. The second-order valence-electron chi connectivity index (χ2n) is 6.25. The van der Waals surface area contributed by atoms with Crippen LogP contribution in [0.2, 0.25) is 0 Å².